The normalized spacial score (nSPS) is 14.8. The summed E-state index contributed by atoms with van der Waals surface area (Å²) >= 11 is 5.71. The number of benzene rings is 3. The Hall–Kier alpha value is -4.97. The Labute approximate surface area is 255 Å². The minimum atomic E-state index is -4.81. The summed E-state index contributed by atoms with van der Waals surface area (Å²) in [5.74, 6) is -1.42. The maximum atomic E-state index is 13.8. The molecule has 1 atom stereocenters. The molecule has 3 aromatic carbocycles. The van der Waals surface area contributed by atoms with Gasteiger partial charge in [0.05, 0.1) is 22.6 Å². The van der Waals surface area contributed by atoms with E-state index in [1.165, 1.54) is 30.0 Å². The van der Waals surface area contributed by atoms with Gasteiger partial charge in [-0.3, -0.25) is 24.7 Å². The molecule has 2 N–H and O–H groups in total. The van der Waals surface area contributed by atoms with E-state index in [0.717, 1.165) is 6.07 Å². The molecule has 0 radical (unpaired) electrons. The number of benzodiazepines with no additional fused rings is 1. The highest BCUT2D eigenvalue weighted by molar-refractivity contribution is 6.30. The maximum absolute atomic E-state index is 13.8. The number of ether oxygens (including phenoxy) is 1. The van der Waals surface area contributed by atoms with Crippen LogP contribution in [0.1, 0.15) is 23.6 Å². The van der Waals surface area contributed by atoms with E-state index in [9.17, 15) is 32.3 Å². The summed E-state index contributed by atoms with van der Waals surface area (Å²) in [5.41, 5.74) is 0.156. The van der Waals surface area contributed by atoms with Crippen LogP contribution in [0.25, 0.3) is 0 Å². The number of carbonyl (C=O) groups is 4. The van der Waals surface area contributed by atoms with Gasteiger partial charge in [-0.1, -0.05) is 66.2 Å². The van der Waals surface area contributed by atoms with Crippen LogP contribution < -0.4 is 15.5 Å². The first-order chi connectivity index (χ1) is 20.9. The lowest BCUT2D eigenvalue weighted by Gasteiger charge is -2.24. The van der Waals surface area contributed by atoms with Gasteiger partial charge in [-0.05, 0) is 37.3 Å². The number of alkyl halides is 3. The van der Waals surface area contributed by atoms with Crippen molar-refractivity contribution < 1.29 is 37.1 Å². The van der Waals surface area contributed by atoms with Crippen molar-refractivity contribution in [3.63, 3.8) is 0 Å². The van der Waals surface area contributed by atoms with Crippen molar-refractivity contribution in [3.05, 3.63) is 107 Å². The highest BCUT2D eigenvalue weighted by atomic mass is 35.5. The summed E-state index contributed by atoms with van der Waals surface area (Å²) in [5, 5.41) is 4.48. The van der Waals surface area contributed by atoms with E-state index in [0.29, 0.717) is 28.6 Å². The molecule has 1 aliphatic heterocycles. The molecule has 13 heteroatoms. The number of hydrogen-bond acceptors (Lipinski definition) is 6. The molecule has 228 valence electrons. The van der Waals surface area contributed by atoms with E-state index < -0.39 is 54.5 Å². The number of amides is 3. The Morgan fingerprint density at radius 3 is 2.45 bits per heavy atom. The van der Waals surface area contributed by atoms with Gasteiger partial charge in [-0.25, -0.2) is 4.79 Å². The maximum Gasteiger partial charge on any atom is 0.418 e. The van der Waals surface area contributed by atoms with Crippen molar-refractivity contribution in [2.45, 2.75) is 19.1 Å². The predicted octanol–water partition coefficient (Wildman–Crippen LogP) is 5.42. The number of carbonyl (C=O) groups excluding carboxylic acids is 4. The van der Waals surface area contributed by atoms with Gasteiger partial charge in [0.1, 0.15) is 13.2 Å². The quantitative estimate of drug-likeness (QED) is 0.308. The number of rotatable bonds is 9. The Kier molecular flexibility index (Phi) is 10.2. The van der Waals surface area contributed by atoms with Gasteiger partial charge in [0.25, 0.3) is 5.91 Å². The van der Waals surface area contributed by atoms with E-state index in [1.54, 1.807) is 54.6 Å². The van der Waals surface area contributed by atoms with E-state index in [4.69, 9.17) is 16.3 Å². The number of fused-ring (bicyclic) bond motifs is 1. The first-order valence-corrected chi connectivity index (χ1v) is 13.6. The number of nitrogens with zero attached hydrogens (tertiary/aromatic N) is 2. The van der Waals surface area contributed by atoms with Gasteiger partial charge in [0.2, 0.25) is 5.91 Å². The second-order valence-electron chi connectivity index (χ2n) is 9.53. The number of anilines is 2. The first-order valence-electron chi connectivity index (χ1n) is 13.2. The predicted molar refractivity (Wildman–Crippen MR) is 159 cm³/mol. The fraction of sp³-hybridized carbons (Fsp3) is 0.194. The number of hydrogen-bond donors (Lipinski definition) is 2. The van der Waals surface area contributed by atoms with Crippen LogP contribution in [0.4, 0.5) is 29.3 Å². The zero-order chi connectivity index (χ0) is 31.9. The zero-order valence-corrected chi connectivity index (χ0v) is 24.0. The van der Waals surface area contributed by atoms with E-state index in [-0.39, 0.29) is 17.4 Å². The van der Waals surface area contributed by atoms with Crippen molar-refractivity contribution >= 4 is 52.4 Å². The molecule has 0 saturated heterocycles. The highest BCUT2D eigenvalue weighted by Crippen LogP contribution is 2.36. The molecule has 0 unspecified atom stereocenters. The number of halogens is 4. The van der Waals surface area contributed by atoms with Gasteiger partial charge in [-0.2, -0.15) is 13.2 Å². The minimum Gasteiger partial charge on any atom is -0.446 e. The molecule has 1 aliphatic rings. The van der Waals surface area contributed by atoms with Gasteiger partial charge in [0, 0.05) is 22.7 Å². The van der Waals surface area contributed by atoms with Gasteiger partial charge >= 0.3 is 12.3 Å². The van der Waals surface area contributed by atoms with Crippen LogP contribution in [-0.4, -0.2) is 55.1 Å². The summed E-state index contributed by atoms with van der Waals surface area (Å²) in [6, 6.07) is 17.1. The average molecular weight is 627 g/mol. The van der Waals surface area contributed by atoms with Crippen molar-refractivity contribution in [3.8, 4) is 0 Å². The number of nitrogens with one attached hydrogen (secondary N) is 2. The van der Waals surface area contributed by atoms with Crippen LogP contribution in [0.2, 0.25) is 5.02 Å². The topological polar surface area (TPSA) is 117 Å². The van der Waals surface area contributed by atoms with Crippen molar-refractivity contribution in [1.29, 1.82) is 0 Å². The standard InChI is InChI=1S/C31H26ClF3N4O5/c1-19(40)8-7-15-36-27(41)17-39-26-12-6-5-11-22(26)28(20-9-3-2-4-10-20)37-25(29(39)42)18-44-30(43)38-24-14-13-21(32)16-23(24)31(33,34)35/h2-14,16,25H,15,17-18H2,1H3,(H,36,41)(H,38,43)/b8-7+/t25-/m1/s1. The molecular weight excluding hydrogens is 601 g/mol. The Morgan fingerprint density at radius 2 is 1.75 bits per heavy atom. The monoisotopic (exact) mass is 626 g/mol. The second-order valence-corrected chi connectivity index (χ2v) is 9.97. The Bertz CT molecular complexity index is 1630. The molecule has 0 bridgehead atoms. The molecule has 1 heterocycles. The van der Waals surface area contributed by atoms with Crippen LogP contribution in [0.3, 0.4) is 0 Å². The SMILES string of the molecule is CC(=O)/C=C/CNC(=O)CN1C(=O)[C@@H](COC(=O)Nc2ccc(Cl)cc2C(F)(F)F)N=C(c2ccccc2)c2ccccc21. The summed E-state index contributed by atoms with van der Waals surface area (Å²) in [4.78, 5) is 56.2. The Balaban J connectivity index is 1.62. The number of aliphatic imine (C=N–C) groups is 1. The van der Waals surface area contributed by atoms with E-state index >= 15 is 0 Å². The van der Waals surface area contributed by atoms with E-state index in [1.807, 2.05) is 5.32 Å². The molecule has 0 fully saturated rings. The smallest absolute Gasteiger partial charge is 0.418 e. The van der Waals surface area contributed by atoms with Gasteiger partial charge in [0.15, 0.2) is 11.8 Å². The lowest BCUT2D eigenvalue weighted by atomic mass is 10.0. The summed E-state index contributed by atoms with van der Waals surface area (Å²) < 4.78 is 45.7. The van der Waals surface area contributed by atoms with Crippen LogP contribution in [0.15, 0.2) is 89.9 Å². The molecule has 3 amide bonds. The number of allylic oxidation sites excluding steroid dienone is 1. The van der Waals surface area contributed by atoms with Crippen LogP contribution in [-0.2, 0) is 25.3 Å². The van der Waals surface area contributed by atoms with Crippen LogP contribution in [0, 0.1) is 0 Å². The summed E-state index contributed by atoms with van der Waals surface area (Å²) in [6.07, 6.45) is -3.30. The van der Waals surface area contributed by atoms with Gasteiger partial charge in [-0.15, -0.1) is 0 Å². The molecule has 3 aromatic rings. The largest absolute Gasteiger partial charge is 0.446 e. The molecule has 0 aromatic heterocycles. The lowest BCUT2D eigenvalue weighted by molar-refractivity contribution is -0.137. The number of ketones is 1. The summed E-state index contributed by atoms with van der Waals surface area (Å²) in [6.45, 7) is 0.334. The minimum absolute atomic E-state index is 0.0468. The lowest BCUT2D eigenvalue weighted by Crippen LogP contribution is -2.46. The Morgan fingerprint density at radius 1 is 1.05 bits per heavy atom. The molecule has 9 nitrogen and oxygen atoms in total. The molecule has 4 rings (SSSR count). The van der Waals surface area contributed by atoms with Crippen LogP contribution >= 0.6 is 11.6 Å². The third kappa shape index (κ3) is 8.10. The molecular formula is C31H26ClF3N4O5. The molecule has 0 aliphatic carbocycles. The van der Waals surface area contributed by atoms with Crippen LogP contribution in [0.5, 0.6) is 0 Å². The van der Waals surface area contributed by atoms with Gasteiger partial charge < -0.3 is 15.0 Å². The molecule has 0 spiro atoms. The highest BCUT2D eigenvalue weighted by Gasteiger charge is 2.36. The third-order valence-corrected chi connectivity index (χ3v) is 6.54. The second kappa shape index (κ2) is 14.0. The van der Waals surface area contributed by atoms with Crippen molar-refractivity contribution in [2.75, 3.05) is 29.9 Å². The number of para-hydroxylation sites is 1. The fourth-order valence-corrected chi connectivity index (χ4v) is 4.52. The third-order valence-electron chi connectivity index (χ3n) is 6.30. The van der Waals surface area contributed by atoms with Crippen molar-refractivity contribution in [1.82, 2.24) is 5.32 Å². The summed E-state index contributed by atoms with van der Waals surface area (Å²) in [7, 11) is 0. The molecule has 44 heavy (non-hydrogen) atoms. The molecule has 0 saturated carbocycles. The first kappa shape index (κ1) is 32.0. The fourth-order valence-electron chi connectivity index (χ4n) is 4.34. The zero-order valence-electron chi connectivity index (χ0n) is 23.2. The van der Waals surface area contributed by atoms with Crippen molar-refractivity contribution in [2.24, 2.45) is 4.99 Å². The average Bonchev–Trinajstić information content (AvgIpc) is 3.09. The van der Waals surface area contributed by atoms with E-state index in [2.05, 4.69) is 10.3 Å².